The van der Waals surface area contributed by atoms with E-state index in [1.165, 1.54) is 0 Å². The lowest BCUT2D eigenvalue weighted by atomic mass is 10.1. The molecular formula is C14H18N2O3. The number of aliphatic carboxylic acids is 1. The van der Waals surface area contributed by atoms with E-state index >= 15 is 0 Å². The van der Waals surface area contributed by atoms with Crippen molar-refractivity contribution < 1.29 is 14.7 Å². The van der Waals surface area contributed by atoms with Crippen LogP contribution < -0.4 is 10.6 Å². The molecule has 102 valence electrons. The van der Waals surface area contributed by atoms with Crippen LogP contribution in [0.1, 0.15) is 18.1 Å². The molecule has 0 aliphatic rings. The number of anilines is 1. The molecule has 0 aromatic heterocycles. The van der Waals surface area contributed by atoms with Crippen molar-refractivity contribution >= 4 is 23.6 Å². The van der Waals surface area contributed by atoms with E-state index in [2.05, 4.69) is 0 Å². The molecule has 0 saturated carbocycles. The van der Waals surface area contributed by atoms with Crippen molar-refractivity contribution in [3.05, 3.63) is 35.4 Å². The molecule has 5 nitrogen and oxygen atoms in total. The quantitative estimate of drug-likeness (QED) is 0.759. The standard InChI is InChI=1S/C14H18N2O3/c1-3-16(9-13(15)17)12-6-4-11(10(2)8-12)5-7-14(18)19/h4-8H,3,9H2,1-2H3,(H2,15,17)(H,18,19)/b7-5+. The molecule has 1 amide bonds. The van der Waals surface area contributed by atoms with Crippen molar-refractivity contribution in [3.63, 3.8) is 0 Å². The summed E-state index contributed by atoms with van der Waals surface area (Å²) < 4.78 is 0. The maximum absolute atomic E-state index is 11.0. The van der Waals surface area contributed by atoms with Gasteiger partial charge in [-0.15, -0.1) is 0 Å². The van der Waals surface area contributed by atoms with Gasteiger partial charge in [-0.25, -0.2) is 4.79 Å². The molecule has 0 saturated heterocycles. The SMILES string of the molecule is CCN(CC(N)=O)c1ccc(/C=C/C(=O)O)c(C)c1. The van der Waals surface area contributed by atoms with E-state index < -0.39 is 5.97 Å². The van der Waals surface area contributed by atoms with Crippen LogP contribution in [0.15, 0.2) is 24.3 Å². The van der Waals surface area contributed by atoms with Gasteiger partial charge in [0.1, 0.15) is 0 Å². The van der Waals surface area contributed by atoms with Crippen LogP contribution in [0.25, 0.3) is 6.08 Å². The second-order valence-electron chi connectivity index (χ2n) is 4.19. The van der Waals surface area contributed by atoms with Crippen LogP contribution in [0.4, 0.5) is 5.69 Å². The fraction of sp³-hybridized carbons (Fsp3) is 0.286. The van der Waals surface area contributed by atoms with Gasteiger partial charge in [-0.05, 0) is 43.2 Å². The van der Waals surface area contributed by atoms with Gasteiger partial charge in [0.2, 0.25) is 5.91 Å². The minimum Gasteiger partial charge on any atom is -0.478 e. The first-order chi connectivity index (χ1) is 8.93. The zero-order valence-electron chi connectivity index (χ0n) is 11.1. The highest BCUT2D eigenvalue weighted by Gasteiger charge is 2.08. The number of aryl methyl sites for hydroxylation is 1. The average Bonchev–Trinajstić information content (AvgIpc) is 2.34. The normalized spacial score (nSPS) is 10.6. The number of benzene rings is 1. The van der Waals surface area contributed by atoms with E-state index in [4.69, 9.17) is 10.8 Å². The van der Waals surface area contributed by atoms with Crippen LogP contribution in [0.2, 0.25) is 0 Å². The van der Waals surface area contributed by atoms with Gasteiger partial charge in [-0.3, -0.25) is 4.79 Å². The summed E-state index contributed by atoms with van der Waals surface area (Å²) in [6.07, 6.45) is 2.65. The van der Waals surface area contributed by atoms with Gasteiger partial charge in [0.15, 0.2) is 0 Å². The Hall–Kier alpha value is -2.30. The van der Waals surface area contributed by atoms with Gasteiger partial charge in [0.25, 0.3) is 0 Å². The molecule has 0 fully saturated rings. The van der Waals surface area contributed by atoms with Crippen molar-refractivity contribution in [2.75, 3.05) is 18.0 Å². The van der Waals surface area contributed by atoms with E-state index in [-0.39, 0.29) is 12.5 Å². The zero-order valence-corrected chi connectivity index (χ0v) is 11.1. The summed E-state index contributed by atoms with van der Waals surface area (Å²) in [7, 11) is 0. The van der Waals surface area contributed by atoms with Crippen LogP contribution in [0.5, 0.6) is 0 Å². The van der Waals surface area contributed by atoms with Gasteiger partial charge in [0, 0.05) is 18.3 Å². The third kappa shape index (κ3) is 4.46. The molecule has 0 aliphatic carbocycles. The fourth-order valence-corrected chi connectivity index (χ4v) is 1.78. The van der Waals surface area contributed by atoms with Crippen molar-refractivity contribution in [1.29, 1.82) is 0 Å². The number of hydrogen-bond acceptors (Lipinski definition) is 3. The number of hydrogen-bond donors (Lipinski definition) is 2. The predicted molar refractivity (Wildman–Crippen MR) is 74.9 cm³/mol. The van der Waals surface area contributed by atoms with Gasteiger partial charge >= 0.3 is 5.97 Å². The molecule has 1 aromatic rings. The maximum atomic E-state index is 11.0. The van der Waals surface area contributed by atoms with Gasteiger partial charge in [-0.1, -0.05) is 6.07 Å². The fourth-order valence-electron chi connectivity index (χ4n) is 1.78. The smallest absolute Gasteiger partial charge is 0.328 e. The second-order valence-corrected chi connectivity index (χ2v) is 4.19. The first-order valence-electron chi connectivity index (χ1n) is 5.99. The number of carboxylic acids is 1. The Kier molecular flexibility index (Phi) is 5.11. The number of primary amides is 1. The Morgan fingerprint density at radius 3 is 2.58 bits per heavy atom. The summed E-state index contributed by atoms with van der Waals surface area (Å²) in [5.41, 5.74) is 7.87. The van der Waals surface area contributed by atoms with Crippen molar-refractivity contribution in [2.45, 2.75) is 13.8 Å². The lowest BCUT2D eigenvalue weighted by molar-refractivity contribution is -0.131. The van der Waals surface area contributed by atoms with Gasteiger partial charge in [0.05, 0.1) is 6.54 Å². The Labute approximate surface area is 112 Å². The molecule has 5 heteroatoms. The third-order valence-corrected chi connectivity index (χ3v) is 2.75. The molecule has 0 radical (unpaired) electrons. The summed E-state index contributed by atoms with van der Waals surface area (Å²) in [5, 5.41) is 8.60. The molecule has 0 aliphatic heterocycles. The molecule has 0 unspecified atom stereocenters. The van der Waals surface area contributed by atoms with E-state index in [1.54, 1.807) is 6.08 Å². The third-order valence-electron chi connectivity index (χ3n) is 2.75. The first-order valence-corrected chi connectivity index (χ1v) is 5.99. The minimum absolute atomic E-state index is 0.167. The highest BCUT2D eigenvalue weighted by molar-refractivity contribution is 5.85. The number of rotatable bonds is 6. The number of carbonyl (C=O) groups excluding carboxylic acids is 1. The number of nitrogens with two attached hydrogens (primary N) is 1. The number of carbonyl (C=O) groups is 2. The average molecular weight is 262 g/mol. The number of carboxylic acid groups (broad SMARTS) is 1. The summed E-state index contributed by atoms with van der Waals surface area (Å²) in [6, 6.07) is 5.59. The van der Waals surface area contributed by atoms with Crippen LogP contribution in [-0.2, 0) is 9.59 Å². The minimum atomic E-state index is -0.979. The predicted octanol–water partition coefficient (Wildman–Crippen LogP) is 1.40. The van der Waals surface area contributed by atoms with E-state index in [1.807, 2.05) is 36.9 Å². The van der Waals surface area contributed by atoms with Crippen LogP contribution in [0.3, 0.4) is 0 Å². The molecule has 0 heterocycles. The van der Waals surface area contributed by atoms with E-state index in [9.17, 15) is 9.59 Å². The van der Waals surface area contributed by atoms with Gasteiger partial charge in [-0.2, -0.15) is 0 Å². The molecule has 1 aromatic carbocycles. The first kappa shape index (κ1) is 14.8. The summed E-state index contributed by atoms with van der Waals surface area (Å²) >= 11 is 0. The molecule has 19 heavy (non-hydrogen) atoms. The van der Waals surface area contributed by atoms with Crippen LogP contribution in [0, 0.1) is 6.92 Å². The second kappa shape index (κ2) is 6.58. The van der Waals surface area contributed by atoms with Crippen LogP contribution >= 0.6 is 0 Å². The van der Waals surface area contributed by atoms with Crippen molar-refractivity contribution in [3.8, 4) is 0 Å². The van der Waals surface area contributed by atoms with Crippen molar-refractivity contribution in [1.82, 2.24) is 0 Å². The molecule has 3 N–H and O–H groups in total. The Morgan fingerprint density at radius 2 is 2.11 bits per heavy atom. The lowest BCUT2D eigenvalue weighted by Gasteiger charge is -2.22. The monoisotopic (exact) mass is 262 g/mol. The van der Waals surface area contributed by atoms with Gasteiger partial charge < -0.3 is 15.7 Å². The van der Waals surface area contributed by atoms with E-state index in [0.29, 0.717) is 6.54 Å². The topological polar surface area (TPSA) is 83.6 Å². The largest absolute Gasteiger partial charge is 0.478 e. The number of nitrogens with zero attached hydrogens (tertiary/aromatic N) is 1. The Bertz CT molecular complexity index is 509. The zero-order chi connectivity index (χ0) is 14.4. The summed E-state index contributed by atoms with van der Waals surface area (Å²) in [4.78, 5) is 23.3. The molecule has 0 spiro atoms. The summed E-state index contributed by atoms with van der Waals surface area (Å²) in [6.45, 7) is 4.67. The molecule has 0 bridgehead atoms. The highest BCUT2D eigenvalue weighted by Crippen LogP contribution is 2.20. The number of amides is 1. The van der Waals surface area contributed by atoms with E-state index in [0.717, 1.165) is 22.9 Å². The highest BCUT2D eigenvalue weighted by atomic mass is 16.4. The molecule has 1 rings (SSSR count). The van der Waals surface area contributed by atoms with Crippen molar-refractivity contribution in [2.24, 2.45) is 5.73 Å². The molecular weight excluding hydrogens is 244 g/mol. The molecule has 0 atom stereocenters. The summed E-state index contributed by atoms with van der Waals surface area (Å²) in [5.74, 6) is -1.36. The Balaban J connectivity index is 2.97. The lowest BCUT2D eigenvalue weighted by Crippen LogP contribution is -2.33. The maximum Gasteiger partial charge on any atom is 0.328 e. The Morgan fingerprint density at radius 1 is 1.42 bits per heavy atom. The number of likely N-dealkylation sites (N-methyl/N-ethyl adjacent to an activating group) is 1. The van der Waals surface area contributed by atoms with Crippen LogP contribution in [-0.4, -0.2) is 30.1 Å².